The summed E-state index contributed by atoms with van der Waals surface area (Å²) in [6.07, 6.45) is 6.82. The standard InChI is InChI=1S/C19H24N4O3/c24-18(8-11-23-14-16(12-20-23)19(25)26)21-17-6-4-15(5-7-17)13-22-9-2-1-3-10-22/h4-7,12,14H,1-3,8-11,13H2,(H,21,24)(H,25,26). The molecule has 138 valence electrons. The van der Waals surface area contributed by atoms with Crippen molar-refractivity contribution in [2.24, 2.45) is 0 Å². The summed E-state index contributed by atoms with van der Waals surface area (Å²) in [5.74, 6) is -1.15. The predicted octanol–water partition coefficient (Wildman–Crippen LogP) is 2.60. The van der Waals surface area contributed by atoms with Gasteiger partial charge in [-0.2, -0.15) is 5.10 Å². The van der Waals surface area contributed by atoms with E-state index in [1.54, 1.807) is 0 Å². The Morgan fingerprint density at radius 3 is 2.50 bits per heavy atom. The number of aromatic nitrogens is 2. The molecule has 0 aliphatic carbocycles. The summed E-state index contributed by atoms with van der Waals surface area (Å²) in [6, 6.07) is 7.95. The Kier molecular flexibility index (Phi) is 6.01. The van der Waals surface area contributed by atoms with Gasteiger partial charge in [-0.3, -0.25) is 14.4 Å². The first-order valence-electron chi connectivity index (χ1n) is 8.97. The highest BCUT2D eigenvalue weighted by Crippen LogP contribution is 2.15. The number of aromatic carboxylic acids is 1. The number of carbonyl (C=O) groups is 2. The summed E-state index contributed by atoms with van der Waals surface area (Å²) in [4.78, 5) is 25.3. The first-order valence-corrected chi connectivity index (χ1v) is 8.97. The number of nitrogens with one attached hydrogen (secondary N) is 1. The van der Waals surface area contributed by atoms with Crippen LogP contribution in [-0.2, 0) is 17.9 Å². The van der Waals surface area contributed by atoms with Gasteiger partial charge < -0.3 is 10.4 Å². The number of nitrogens with zero attached hydrogens (tertiary/aromatic N) is 3. The van der Waals surface area contributed by atoms with E-state index in [9.17, 15) is 9.59 Å². The van der Waals surface area contributed by atoms with Gasteiger partial charge in [-0.1, -0.05) is 18.6 Å². The molecular weight excluding hydrogens is 332 g/mol. The Hall–Kier alpha value is -2.67. The van der Waals surface area contributed by atoms with Crippen molar-refractivity contribution < 1.29 is 14.7 Å². The van der Waals surface area contributed by atoms with Crippen LogP contribution in [0.3, 0.4) is 0 Å². The molecule has 0 spiro atoms. The number of carboxylic acid groups (broad SMARTS) is 1. The first kappa shape index (κ1) is 18.1. The molecule has 1 fully saturated rings. The normalized spacial score (nSPS) is 14.9. The molecule has 2 aromatic rings. The van der Waals surface area contributed by atoms with Gasteiger partial charge >= 0.3 is 5.97 Å². The highest BCUT2D eigenvalue weighted by Gasteiger charge is 2.11. The van der Waals surface area contributed by atoms with E-state index in [4.69, 9.17) is 5.11 Å². The second kappa shape index (κ2) is 8.62. The third-order valence-electron chi connectivity index (χ3n) is 4.54. The van der Waals surface area contributed by atoms with Crippen molar-refractivity contribution in [3.05, 3.63) is 47.8 Å². The average molecular weight is 356 g/mol. The van der Waals surface area contributed by atoms with Gasteiger partial charge in [0.1, 0.15) is 0 Å². The molecule has 0 atom stereocenters. The number of carboxylic acids is 1. The van der Waals surface area contributed by atoms with E-state index in [1.807, 2.05) is 12.1 Å². The van der Waals surface area contributed by atoms with E-state index in [1.165, 1.54) is 41.9 Å². The fourth-order valence-electron chi connectivity index (χ4n) is 3.11. The monoisotopic (exact) mass is 356 g/mol. The zero-order chi connectivity index (χ0) is 18.4. The molecule has 0 bridgehead atoms. The van der Waals surface area contributed by atoms with Crippen molar-refractivity contribution in [3.8, 4) is 0 Å². The zero-order valence-electron chi connectivity index (χ0n) is 14.7. The molecule has 0 saturated carbocycles. The van der Waals surface area contributed by atoms with Gasteiger partial charge in [0.15, 0.2) is 0 Å². The molecule has 1 aliphatic rings. The lowest BCUT2D eigenvalue weighted by Gasteiger charge is -2.26. The smallest absolute Gasteiger partial charge is 0.338 e. The maximum atomic E-state index is 12.1. The minimum Gasteiger partial charge on any atom is -0.478 e. The molecule has 3 rings (SSSR count). The van der Waals surface area contributed by atoms with Crippen LogP contribution in [0.1, 0.15) is 41.6 Å². The molecule has 1 amide bonds. The molecule has 1 aromatic carbocycles. The van der Waals surface area contributed by atoms with Crippen molar-refractivity contribution in [2.75, 3.05) is 18.4 Å². The average Bonchev–Trinajstić information content (AvgIpc) is 3.12. The van der Waals surface area contributed by atoms with Gasteiger partial charge in [0.2, 0.25) is 5.91 Å². The summed E-state index contributed by atoms with van der Waals surface area (Å²) in [6.45, 7) is 3.62. The number of hydrogen-bond donors (Lipinski definition) is 2. The van der Waals surface area contributed by atoms with Crippen LogP contribution in [-0.4, -0.2) is 44.8 Å². The summed E-state index contributed by atoms with van der Waals surface area (Å²) >= 11 is 0. The molecule has 2 heterocycles. The summed E-state index contributed by atoms with van der Waals surface area (Å²) in [5, 5.41) is 15.7. The van der Waals surface area contributed by atoms with Crippen LogP contribution in [0.4, 0.5) is 5.69 Å². The molecule has 1 aromatic heterocycles. The molecule has 1 saturated heterocycles. The van der Waals surface area contributed by atoms with Gasteiger partial charge in [0.25, 0.3) is 0 Å². The van der Waals surface area contributed by atoms with Gasteiger partial charge in [-0.05, 0) is 43.6 Å². The van der Waals surface area contributed by atoms with Gasteiger partial charge in [-0.15, -0.1) is 0 Å². The topological polar surface area (TPSA) is 87.5 Å². The van der Waals surface area contributed by atoms with Crippen LogP contribution in [0.15, 0.2) is 36.7 Å². The molecular formula is C19H24N4O3. The van der Waals surface area contributed by atoms with Crippen molar-refractivity contribution in [1.82, 2.24) is 14.7 Å². The SMILES string of the molecule is O=C(CCn1cc(C(=O)O)cn1)Nc1ccc(CN2CCCCC2)cc1. The highest BCUT2D eigenvalue weighted by atomic mass is 16.4. The number of carbonyl (C=O) groups excluding carboxylic acids is 1. The molecule has 7 heteroatoms. The van der Waals surface area contributed by atoms with Crippen molar-refractivity contribution >= 4 is 17.6 Å². The molecule has 0 radical (unpaired) electrons. The van der Waals surface area contributed by atoms with Crippen LogP contribution in [0.5, 0.6) is 0 Å². The number of benzene rings is 1. The van der Waals surface area contributed by atoms with Crippen molar-refractivity contribution in [1.29, 1.82) is 0 Å². The Labute approximate surface area is 152 Å². The van der Waals surface area contributed by atoms with Gasteiger partial charge in [0, 0.05) is 31.4 Å². The minimum atomic E-state index is -1.02. The number of aryl methyl sites for hydroxylation is 1. The second-order valence-corrected chi connectivity index (χ2v) is 6.63. The van der Waals surface area contributed by atoms with Gasteiger partial charge in [-0.25, -0.2) is 4.79 Å². The number of rotatable bonds is 7. The van der Waals surface area contributed by atoms with Gasteiger partial charge in [0.05, 0.1) is 11.8 Å². The van der Waals surface area contributed by atoms with Crippen molar-refractivity contribution in [2.45, 2.75) is 38.8 Å². The van der Waals surface area contributed by atoms with Crippen LogP contribution >= 0.6 is 0 Å². The number of piperidine rings is 1. The predicted molar refractivity (Wildman–Crippen MR) is 98.0 cm³/mol. The molecule has 2 N–H and O–H groups in total. The van der Waals surface area contributed by atoms with Crippen molar-refractivity contribution in [3.63, 3.8) is 0 Å². The summed E-state index contributed by atoms with van der Waals surface area (Å²) in [7, 11) is 0. The molecule has 0 unspecified atom stereocenters. The number of hydrogen-bond acceptors (Lipinski definition) is 4. The third-order valence-corrected chi connectivity index (χ3v) is 4.54. The third kappa shape index (κ3) is 5.16. The largest absolute Gasteiger partial charge is 0.478 e. The van der Waals surface area contributed by atoms with E-state index in [0.29, 0.717) is 6.54 Å². The summed E-state index contributed by atoms with van der Waals surface area (Å²) in [5.41, 5.74) is 2.14. The Balaban J connectivity index is 1.45. The highest BCUT2D eigenvalue weighted by molar-refractivity contribution is 5.90. The van der Waals surface area contributed by atoms with Crippen LogP contribution in [0, 0.1) is 0 Å². The summed E-state index contributed by atoms with van der Waals surface area (Å²) < 4.78 is 1.46. The number of anilines is 1. The molecule has 1 aliphatic heterocycles. The van der Waals surface area contributed by atoms with E-state index in [0.717, 1.165) is 25.3 Å². The lowest BCUT2D eigenvalue weighted by Crippen LogP contribution is -2.29. The molecule has 7 nitrogen and oxygen atoms in total. The maximum Gasteiger partial charge on any atom is 0.338 e. The lowest BCUT2D eigenvalue weighted by atomic mass is 10.1. The first-order chi connectivity index (χ1) is 12.6. The quantitative estimate of drug-likeness (QED) is 0.796. The fraction of sp³-hybridized carbons (Fsp3) is 0.421. The van der Waals surface area contributed by atoms with E-state index >= 15 is 0 Å². The maximum absolute atomic E-state index is 12.1. The number of amides is 1. The Morgan fingerprint density at radius 1 is 1.12 bits per heavy atom. The van der Waals surface area contributed by atoms with E-state index in [-0.39, 0.29) is 17.9 Å². The fourth-order valence-corrected chi connectivity index (χ4v) is 3.11. The number of likely N-dealkylation sites (tertiary alicyclic amines) is 1. The Bertz CT molecular complexity index is 748. The van der Waals surface area contributed by atoms with E-state index < -0.39 is 5.97 Å². The Morgan fingerprint density at radius 2 is 1.85 bits per heavy atom. The lowest BCUT2D eigenvalue weighted by molar-refractivity contribution is -0.116. The van der Waals surface area contributed by atoms with Crippen LogP contribution < -0.4 is 5.32 Å². The van der Waals surface area contributed by atoms with Crippen LogP contribution in [0.25, 0.3) is 0 Å². The zero-order valence-corrected chi connectivity index (χ0v) is 14.7. The van der Waals surface area contributed by atoms with E-state index in [2.05, 4.69) is 27.4 Å². The second-order valence-electron chi connectivity index (χ2n) is 6.63. The minimum absolute atomic E-state index is 0.120. The van der Waals surface area contributed by atoms with Crippen LogP contribution in [0.2, 0.25) is 0 Å². The molecule has 26 heavy (non-hydrogen) atoms.